The summed E-state index contributed by atoms with van der Waals surface area (Å²) < 4.78 is 12.7. The molecule has 0 saturated carbocycles. The molecule has 0 unspecified atom stereocenters. The van der Waals surface area contributed by atoms with E-state index in [1.807, 2.05) is 7.05 Å². The van der Waals surface area contributed by atoms with Gasteiger partial charge in [-0.1, -0.05) is 76.5 Å². The lowest BCUT2D eigenvalue weighted by molar-refractivity contribution is -0.139. The number of nitrogens with zero attached hydrogens (tertiary/aromatic N) is 4. The van der Waals surface area contributed by atoms with E-state index >= 15 is 0 Å². The molecule has 0 N–H and O–H groups in total. The molecule has 2 heterocycles. The average molecular weight is 517 g/mol. The van der Waals surface area contributed by atoms with Gasteiger partial charge in [-0.05, 0) is 26.2 Å². The van der Waals surface area contributed by atoms with Gasteiger partial charge in [-0.2, -0.15) is 5.10 Å². The largest absolute Gasteiger partial charge is 0.476 e. The summed E-state index contributed by atoms with van der Waals surface area (Å²) in [7, 11) is 1.84. The standard InChI is InChI=1S/C28H44N4O3S/c1-4-6-7-8-9-10-11-12-13-14-15-16-17-18-19-20-21-35-28-26-25(31-32(28)3)27(30-23-29-26)36-22-24(33)34-5-2/h23H,4-11,14-22H2,1-3H3. The number of hydrogen-bond acceptors (Lipinski definition) is 7. The molecule has 2 aromatic heterocycles. The first kappa shape index (κ1) is 30.0. The smallest absolute Gasteiger partial charge is 0.316 e. The van der Waals surface area contributed by atoms with Gasteiger partial charge in [0.15, 0.2) is 5.52 Å². The molecule has 0 radical (unpaired) electrons. The second-order valence-electron chi connectivity index (χ2n) is 8.99. The summed E-state index contributed by atoms with van der Waals surface area (Å²) in [4.78, 5) is 20.3. The fraction of sp³-hybridized carbons (Fsp3) is 0.714. The van der Waals surface area contributed by atoms with Gasteiger partial charge in [0.25, 0.3) is 0 Å². The van der Waals surface area contributed by atoms with Gasteiger partial charge >= 0.3 is 5.97 Å². The lowest BCUT2D eigenvalue weighted by Gasteiger charge is -2.06. The van der Waals surface area contributed by atoms with E-state index in [0.717, 1.165) is 25.7 Å². The Kier molecular flexibility index (Phi) is 15.7. The molecule has 36 heavy (non-hydrogen) atoms. The summed E-state index contributed by atoms with van der Waals surface area (Å²) in [6.07, 6.45) is 18.7. The minimum atomic E-state index is -0.266. The quantitative estimate of drug-likeness (QED) is 0.0662. The van der Waals surface area contributed by atoms with Crippen LogP contribution in [-0.4, -0.2) is 44.7 Å². The Hall–Kier alpha value is -2.27. The van der Waals surface area contributed by atoms with Crippen LogP contribution in [0.5, 0.6) is 5.88 Å². The van der Waals surface area contributed by atoms with Crippen molar-refractivity contribution < 1.29 is 14.3 Å². The van der Waals surface area contributed by atoms with Crippen LogP contribution in [0.1, 0.15) is 104 Å². The summed E-state index contributed by atoms with van der Waals surface area (Å²) in [5.74, 6) is 7.26. The topological polar surface area (TPSA) is 79.1 Å². The van der Waals surface area contributed by atoms with Crippen LogP contribution in [0.4, 0.5) is 0 Å². The van der Waals surface area contributed by atoms with Crippen LogP contribution in [0, 0.1) is 11.8 Å². The Morgan fingerprint density at radius 3 is 2.19 bits per heavy atom. The summed E-state index contributed by atoms with van der Waals surface area (Å²) in [6.45, 7) is 5.06. The Morgan fingerprint density at radius 2 is 1.53 bits per heavy atom. The molecular weight excluding hydrogens is 472 g/mol. The number of esters is 1. The summed E-state index contributed by atoms with van der Waals surface area (Å²) >= 11 is 1.31. The van der Waals surface area contributed by atoms with E-state index in [0.29, 0.717) is 35.2 Å². The predicted octanol–water partition coefficient (Wildman–Crippen LogP) is 6.88. The molecule has 8 heteroatoms. The number of aromatic nitrogens is 4. The normalized spacial score (nSPS) is 10.9. The first-order chi connectivity index (χ1) is 17.7. The second-order valence-corrected chi connectivity index (χ2v) is 9.95. The summed E-state index contributed by atoms with van der Waals surface area (Å²) in [6, 6.07) is 0. The van der Waals surface area contributed by atoms with Gasteiger partial charge in [0, 0.05) is 19.9 Å². The molecule has 200 valence electrons. The van der Waals surface area contributed by atoms with Crippen molar-refractivity contribution in [3.05, 3.63) is 6.33 Å². The third-order valence-corrected chi connectivity index (χ3v) is 6.83. The molecule has 0 aliphatic carbocycles. The van der Waals surface area contributed by atoms with Crippen molar-refractivity contribution in [2.24, 2.45) is 7.05 Å². The number of ether oxygens (including phenoxy) is 2. The van der Waals surface area contributed by atoms with Gasteiger partial charge in [-0.15, -0.1) is 11.8 Å². The number of hydrogen-bond donors (Lipinski definition) is 0. The molecule has 0 aliphatic rings. The van der Waals surface area contributed by atoms with Gasteiger partial charge in [-0.3, -0.25) is 4.79 Å². The molecule has 0 aromatic carbocycles. The van der Waals surface area contributed by atoms with E-state index in [4.69, 9.17) is 9.47 Å². The fourth-order valence-corrected chi connectivity index (χ4v) is 4.65. The second kappa shape index (κ2) is 18.9. The number of carbonyl (C=O) groups excluding carboxylic acids is 1. The molecule has 0 aliphatic heterocycles. The van der Waals surface area contributed by atoms with Crippen molar-refractivity contribution in [3.63, 3.8) is 0 Å². The van der Waals surface area contributed by atoms with Gasteiger partial charge in [0.2, 0.25) is 5.88 Å². The molecule has 2 rings (SSSR count). The molecule has 0 fully saturated rings. The van der Waals surface area contributed by atoms with E-state index < -0.39 is 0 Å². The van der Waals surface area contributed by atoms with Gasteiger partial charge < -0.3 is 9.47 Å². The SMILES string of the molecule is CCCCCCCCC#CCCCCCCCCOc1c2ncnc(SCC(=O)OCC)c2nn1C. The van der Waals surface area contributed by atoms with Crippen molar-refractivity contribution in [1.29, 1.82) is 0 Å². The zero-order chi connectivity index (χ0) is 25.8. The molecule has 0 atom stereocenters. The fourth-order valence-electron chi connectivity index (χ4n) is 3.92. The summed E-state index contributed by atoms with van der Waals surface area (Å²) in [5, 5.41) is 5.17. The van der Waals surface area contributed by atoms with Crippen LogP contribution in [0.2, 0.25) is 0 Å². The van der Waals surface area contributed by atoms with Crippen LogP contribution < -0.4 is 4.74 Å². The third-order valence-electron chi connectivity index (χ3n) is 5.88. The Bertz CT molecular complexity index is 951. The molecule has 0 bridgehead atoms. The number of thioether (sulfide) groups is 1. The predicted molar refractivity (Wildman–Crippen MR) is 147 cm³/mol. The highest BCUT2D eigenvalue weighted by atomic mass is 32.2. The van der Waals surface area contributed by atoms with Crippen molar-refractivity contribution >= 4 is 28.8 Å². The Balaban J connectivity index is 1.56. The molecule has 0 amide bonds. The minimum Gasteiger partial charge on any atom is -0.476 e. The maximum absolute atomic E-state index is 11.7. The van der Waals surface area contributed by atoms with Crippen molar-refractivity contribution in [3.8, 4) is 17.7 Å². The maximum atomic E-state index is 11.7. The molecule has 0 saturated heterocycles. The molecular formula is C28H44N4O3S. The number of aryl methyl sites for hydroxylation is 1. The first-order valence-electron chi connectivity index (χ1n) is 13.7. The van der Waals surface area contributed by atoms with Crippen molar-refractivity contribution in [2.75, 3.05) is 19.0 Å². The van der Waals surface area contributed by atoms with E-state index in [1.54, 1.807) is 11.6 Å². The van der Waals surface area contributed by atoms with Crippen LogP contribution in [-0.2, 0) is 16.6 Å². The first-order valence-corrected chi connectivity index (χ1v) is 14.7. The molecule has 0 spiro atoms. The highest BCUT2D eigenvalue weighted by molar-refractivity contribution is 8.00. The van der Waals surface area contributed by atoms with E-state index in [1.165, 1.54) is 82.3 Å². The monoisotopic (exact) mass is 516 g/mol. The van der Waals surface area contributed by atoms with Crippen LogP contribution in [0.15, 0.2) is 11.4 Å². The van der Waals surface area contributed by atoms with Crippen LogP contribution >= 0.6 is 11.8 Å². The third kappa shape index (κ3) is 11.6. The average Bonchev–Trinajstić information content (AvgIpc) is 3.20. The minimum absolute atomic E-state index is 0.193. The van der Waals surface area contributed by atoms with Crippen LogP contribution in [0.25, 0.3) is 11.0 Å². The van der Waals surface area contributed by atoms with Gasteiger partial charge in [0.1, 0.15) is 16.9 Å². The molecule has 2 aromatic rings. The van der Waals surface area contributed by atoms with Gasteiger partial charge in [-0.25, -0.2) is 14.6 Å². The number of fused-ring (bicyclic) bond motifs is 1. The number of unbranched alkanes of at least 4 members (excludes halogenated alkanes) is 12. The van der Waals surface area contributed by atoms with Crippen LogP contribution in [0.3, 0.4) is 0 Å². The zero-order valence-electron chi connectivity index (χ0n) is 22.5. The maximum Gasteiger partial charge on any atom is 0.316 e. The van der Waals surface area contributed by atoms with E-state index in [-0.39, 0.29) is 11.7 Å². The van der Waals surface area contributed by atoms with Crippen molar-refractivity contribution in [1.82, 2.24) is 19.7 Å². The Morgan fingerprint density at radius 1 is 0.889 bits per heavy atom. The highest BCUT2D eigenvalue weighted by Gasteiger charge is 2.17. The van der Waals surface area contributed by atoms with E-state index in [9.17, 15) is 4.79 Å². The lowest BCUT2D eigenvalue weighted by atomic mass is 10.1. The van der Waals surface area contributed by atoms with E-state index in [2.05, 4.69) is 33.8 Å². The Labute approximate surface area is 221 Å². The highest BCUT2D eigenvalue weighted by Crippen LogP contribution is 2.29. The zero-order valence-corrected chi connectivity index (χ0v) is 23.3. The molecule has 7 nitrogen and oxygen atoms in total. The summed E-state index contributed by atoms with van der Waals surface area (Å²) in [5.41, 5.74) is 1.33. The number of carbonyl (C=O) groups is 1. The lowest BCUT2D eigenvalue weighted by Crippen LogP contribution is -2.06. The van der Waals surface area contributed by atoms with Crippen molar-refractivity contribution in [2.45, 2.75) is 109 Å². The number of rotatable bonds is 19. The van der Waals surface area contributed by atoms with Gasteiger partial charge in [0.05, 0.1) is 19.0 Å².